The molecule has 0 aliphatic rings. The number of aryl methyl sites for hydroxylation is 1. The highest BCUT2D eigenvalue weighted by atomic mass is 16.3. The van der Waals surface area contributed by atoms with Crippen molar-refractivity contribution >= 4 is 23.0 Å². The van der Waals surface area contributed by atoms with Crippen LogP contribution < -0.4 is 5.43 Å². The van der Waals surface area contributed by atoms with E-state index in [1.54, 1.807) is 6.07 Å². The zero-order valence-electron chi connectivity index (χ0n) is 14.2. The van der Waals surface area contributed by atoms with Crippen LogP contribution in [0.1, 0.15) is 22.0 Å². The number of furan rings is 1. The number of carbonyl (C=O) groups is 1. The topological polar surface area (TPSA) is 70.4 Å². The van der Waals surface area contributed by atoms with Crippen LogP contribution in [0.15, 0.2) is 76.2 Å². The van der Waals surface area contributed by atoms with Gasteiger partial charge in [0.05, 0.1) is 6.21 Å². The van der Waals surface area contributed by atoms with Gasteiger partial charge in [-0.3, -0.25) is 4.79 Å². The minimum Gasteiger partial charge on any atom is -0.460 e. The van der Waals surface area contributed by atoms with Crippen LogP contribution in [0.5, 0.6) is 0 Å². The summed E-state index contributed by atoms with van der Waals surface area (Å²) in [6, 6.07) is 21.3. The molecule has 1 amide bonds. The molecule has 128 valence electrons. The number of fused-ring (bicyclic) bond motifs is 1. The minimum absolute atomic E-state index is 0.306. The first-order valence-electron chi connectivity index (χ1n) is 8.28. The van der Waals surface area contributed by atoms with E-state index in [9.17, 15) is 4.79 Å². The Morgan fingerprint density at radius 2 is 1.81 bits per heavy atom. The third-order valence-corrected chi connectivity index (χ3v) is 4.11. The van der Waals surface area contributed by atoms with Crippen LogP contribution in [0.25, 0.3) is 22.0 Å². The van der Waals surface area contributed by atoms with Crippen molar-refractivity contribution in [1.82, 2.24) is 10.4 Å². The van der Waals surface area contributed by atoms with Gasteiger partial charge in [0.15, 0.2) is 0 Å². The molecule has 0 saturated heterocycles. The fraction of sp³-hybridized carbons (Fsp3) is 0.0476. The van der Waals surface area contributed by atoms with E-state index >= 15 is 0 Å². The summed E-state index contributed by atoms with van der Waals surface area (Å²) >= 11 is 0. The quantitative estimate of drug-likeness (QED) is 0.423. The number of hydrogen-bond acceptors (Lipinski definition) is 3. The number of hydrazone groups is 1. The lowest BCUT2D eigenvalue weighted by molar-refractivity contribution is 0.0951. The summed E-state index contributed by atoms with van der Waals surface area (Å²) in [7, 11) is 0. The second-order valence-corrected chi connectivity index (χ2v) is 5.93. The van der Waals surface area contributed by atoms with Crippen molar-refractivity contribution in [2.24, 2.45) is 5.10 Å². The lowest BCUT2D eigenvalue weighted by Crippen LogP contribution is -2.18. The fourth-order valence-corrected chi connectivity index (χ4v) is 2.95. The van der Waals surface area contributed by atoms with E-state index in [0.29, 0.717) is 11.5 Å². The average molecular weight is 343 g/mol. The molecule has 5 nitrogen and oxygen atoms in total. The van der Waals surface area contributed by atoms with Crippen molar-refractivity contribution in [3.63, 3.8) is 0 Å². The van der Waals surface area contributed by atoms with Crippen LogP contribution in [0, 0.1) is 6.92 Å². The van der Waals surface area contributed by atoms with Crippen molar-refractivity contribution in [3.05, 3.63) is 83.9 Å². The Morgan fingerprint density at radius 3 is 2.58 bits per heavy atom. The maximum absolute atomic E-state index is 12.7. The number of benzene rings is 2. The summed E-state index contributed by atoms with van der Waals surface area (Å²) in [6.07, 6.45) is 1.48. The van der Waals surface area contributed by atoms with E-state index in [-0.39, 0.29) is 5.91 Å². The molecule has 2 N–H and O–H groups in total. The Morgan fingerprint density at radius 1 is 1.04 bits per heavy atom. The van der Waals surface area contributed by atoms with E-state index in [1.807, 2.05) is 67.6 Å². The molecule has 0 bridgehead atoms. The molecule has 5 heteroatoms. The number of hydrogen-bond donors (Lipinski definition) is 2. The smallest absolute Gasteiger partial charge is 0.288 e. The molecule has 2 heterocycles. The first-order chi connectivity index (χ1) is 12.7. The second kappa shape index (κ2) is 6.72. The largest absolute Gasteiger partial charge is 0.460 e. The normalized spacial score (nSPS) is 11.3. The third-order valence-electron chi connectivity index (χ3n) is 4.11. The van der Waals surface area contributed by atoms with Crippen LogP contribution in [0.2, 0.25) is 0 Å². The van der Waals surface area contributed by atoms with Gasteiger partial charge in [-0.1, -0.05) is 48.5 Å². The molecular formula is C21H17N3O2. The highest BCUT2D eigenvalue weighted by Crippen LogP contribution is 2.32. The number of amides is 1. The number of nitrogens with one attached hydrogen (secondary N) is 2. The molecule has 4 rings (SSSR count). The molecule has 0 saturated carbocycles. The SMILES string of the molecule is Cc1ccc(/C=N\NC(=O)c2[nH]c3ccccc3c2-c2ccccc2)o1. The maximum atomic E-state index is 12.7. The Kier molecular flexibility index (Phi) is 4.11. The van der Waals surface area contributed by atoms with Gasteiger partial charge in [0.1, 0.15) is 17.2 Å². The highest BCUT2D eigenvalue weighted by Gasteiger charge is 2.18. The zero-order valence-corrected chi connectivity index (χ0v) is 14.2. The number of carbonyl (C=O) groups excluding carboxylic acids is 1. The first kappa shape index (κ1) is 15.9. The summed E-state index contributed by atoms with van der Waals surface area (Å²) in [5.41, 5.74) is 5.79. The Balaban J connectivity index is 1.69. The van der Waals surface area contributed by atoms with Crippen molar-refractivity contribution < 1.29 is 9.21 Å². The number of aromatic amines is 1. The van der Waals surface area contributed by atoms with Gasteiger partial charge in [-0.05, 0) is 30.7 Å². The Labute approximate surface area is 150 Å². The highest BCUT2D eigenvalue weighted by molar-refractivity contribution is 6.09. The molecule has 2 aromatic carbocycles. The molecule has 2 aromatic heterocycles. The van der Waals surface area contributed by atoms with E-state index in [2.05, 4.69) is 15.5 Å². The number of aromatic nitrogens is 1. The summed E-state index contributed by atoms with van der Waals surface area (Å²) in [4.78, 5) is 15.9. The van der Waals surface area contributed by atoms with E-state index in [4.69, 9.17) is 4.42 Å². The number of nitrogens with zero attached hydrogens (tertiary/aromatic N) is 1. The molecule has 0 fully saturated rings. The van der Waals surface area contributed by atoms with E-state index in [1.165, 1.54) is 6.21 Å². The summed E-state index contributed by atoms with van der Waals surface area (Å²) in [6.45, 7) is 1.85. The van der Waals surface area contributed by atoms with Gasteiger partial charge in [0, 0.05) is 16.5 Å². The Bertz CT molecular complexity index is 1090. The van der Waals surface area contributed by atoms with Crippen LogP contribution >= 0.6 is 0 Å². The molecule has 0 unspecified atom stereocenters. The minimum atomic E-state index is -0.306. The fourth-order valence-electron chi connectivity index (χ4n) is 2.95. The van der Waals surface area contributed by atoms with Crippen LogP contribution in [0.4, 0.5) is 0 Å². The van der Waals surface area contributed by atoms with Gasteiger partial charge in [-0.2, -0.15) is 5.10 Å². The number of para-hydroxylation sites is 1. The molecular weight excluding hydrogens is 326 g/mol. The molecule has 4 aromatic rings. The molecule has 0 spiro atoms. The lowest BCUT2D eigenvalue weighted by Gasteiger charge is -2.04. The van der Waals surface area contributed by atoms with Crippen LogP contribution in [0.3, 0.4) is 0 Å². The summed E-state index contributed by atoms with van der Waals surface area (Å²) in [5.74, 6) is 1.07. The van der Waals surface area contributed by atoms with Crippen molar-refractivity contribution in [2.45, 2.75) is 6.92 Å². The van der Waals surface area contributed by atoms with Crippen molar-refractivity contribution in [1.29, 1.82) is 0 Å². The number of rotatable bonds is 4. The molecule has 0 aliphatic heterocycles. The van der Waals surface area contributed by atoms with Gasteiger partial charge >= 0.3 is 0 Å². The summed E-state index contributed by atoms with van der Waals surface area (Å²) < 4.78 is 5.40. The van der Waals surface area contributed by atoms with Crippen LogP contribution in [-0.4, -0.2) is 17.1 Å². The van der Waals surface area contributed by atoms with Gasteiger partial charge in [-0.15, -0.1) is 0 Å². The Hall–Kier alpha value is -3.60. The molecule has 0 aliphatic carbocycles. The summed E-state index contributed by atoms with van der Waals surface area (Å²) in [5, 5.41) is 4.99. The predicted octanol–water partition coefficient (Wildman–Crippen LogP) is 4.50. The van der Waals surface area contributed by atoms with Gasteiger partial charge in [-0.25, -0.2) is 5.43 Å². The lowest BCUT2D eigenvalue weighted by atomic mass is 10.0. The van der Waals surface area contributed by atoms with Gasteiger partial charge < -0.3 is 9.40 Å². The monoisotopic (exact) mass is 343 g/mol. The molecule has 26 heavy (non-hydrogen) atoms. The van der Waals surface area contributed by atoms with Gasteiger partial charge in [0.2, 0.25) is 0 Å². The van der Waals surface area contributed by atoms with Gasteiger partial charge in [0.25, 0.3) is 5.91 Å². The molecule has 0 atom stereocenters. The second-order valence-electron chi connectivity index (χ2n) is 5.93. The predicted molar refractivity (Wildman–Crippen MR) is 102 cm³/mol. The molecule has 0 radical (unpaired) electrons. The van der Waals surface area contributed by atoms with E-state index < -0.39 is 0 Å². The number of H-pyrrole nitrogens is 1. The van der Waals surface area contributed by atoms with Crippen molar-refractivity contribution in [3.8, 4) is 11.1 Å². The third kappa shape index (κ3) is 3.02. The standard InChI is InChI=1S/C21H17N3O2/c1-14-11-12-16(26-14)13-22-24-21(25)20-19(15-7-3-2-4-8-15)17-9-5-6-10-18(17)23-20/h2-13,23H,1H3,(H,24,25)/b22-13-. The van der Waals surface area contributed by atoms with E-state index in [0.717, 1.165) is 27.8 Å². The zero-order chi connectivity index (χ0) is 17.9. The van der Waals surface area contributed by atoms with Crippen molar-refractivity contribution in [2.75, 3.05) is 0 Å². The first-order valence-corrected chi connectivity index (χ1v) is 8.28. The average Bonchev–Trinajstić information content (AvgIpc) is 3.26. The van der Waals surface area contributed by atoms with Crippen LogP contribution in [-0.2, 0) is 0 Å². The maximum Gasteiger partial charge on any atom is 0.288 e.